The van der Waals surface area contributed by atoms with E-state index in [0.29, 0.717) is 0 Å². The molecule has 0 aliphatic carbocycles. The summed E-state index contributed by atoms with van der Waals surface area (Å²) in [6, 6.07) is 6.20. The predicted octanol–water partition coefficient (Wildman–Crippen LogP) is 3.50. The lowest BCUT2D eigenvalue weighted by Gasteiger charge is -2.05. The van der Waals surface area contributed by atoms with Gasteiger partial charge in [-0.15, -0.1) is 11.3 Å². The summed E-state index contributed by atoms with van der Waals surface area (Å²) in [5.74, 6) is 0. The van der Waals surface area contributed by atoms with Crippen LogP contribution < -0.4 is 5.32 Å². The third-order valence-corrected chi connectivity index (χ3v) is 3.91. The van der Waals surface area contributed by atoms with Crippen molar-refractivity contribution in [2.24, 2.45) is 0 Å². The fraction of sp³-hybridized carbons (Fsp3) is 0.250. The van der Waals surface area contributed by atoms with Crippen LogP contribution in [0, 0.1) is 6.92 Å². The molecule has 0 radical (unpaired) electrons. The van der Waals surface area contributed by atoms with Crippen molar-refractivity contribution in [2.45, 2.75) is 20.0 Å². The molecule has 2 aromatic rings. The summed E-state index contributed by atoms with van der Waals surface area (Å²) in [5.41, 5.74) is 3.67. The zero-order valence-electron chi connectivity index (χ0n) is 9.03. The molecule has 84 valence electrons. The maximum atomic E-state index is 4.35. The number of aryl methyl sites for hydroxylation is 1. The van der Waals surface area contributed by atoms with Gasteiger partial charge in [0.05, 0.1) is 9.48 Å². The molecule has 0 aliphatic rings. The SMILES string of the molecule is Cc1cccnc1CNCc1csc(Br)c1. The van der Waals surface area contributed by atoms with Crippen LogP contribution in [-0.4, -0.2) is 4.98 Å². The van der Waals surface area contributed by atoms with E-state index in [0.717, 1.165) is 18.8 Å². The van der Waals surface area contributed by atoms with Crippen molar-refractivity contribution in [1.29, 1.82) is 0 Å². The first kappa shape index (κ1) is 11.8. The van der Waals surface area contributed by atoms with Crippen LogP contribution in [0.15, 0.2) is 33.6 Å². The quantitative estimate of drug-likeness (QED) is 0.934. The number of nitrogens with zero attached hydrogens (tertiary/aromatic N) is 1. The van der Waals surface area contributed by atoms with Gasteiger partial charge in [0.15, 0.2) is 0 Å². The Kier molecular flexibility index (Phi) is 4.09. The molecule has 0 atom stereocenters. The van der Waals surface area contributed by atoms with E-state index < -0.39 is 0 Å². The van der Waals surface area contributed by atoms with Gasteiger partial charge in [-0.25, -0.2) is 0 Å². The lowest BCUT2D eigenvalue weighted by Crippen LogP contribution is -2.14. The molecule has 2 heterocycles. The summed E-state index contributed by atoms with van der Waals surface area (Å²) in [5, 5.41) is 5.55. The minimum Gasteiger partial charge on any atom is -0.307 e. The monoisotopic (exact) mass is 296 g/mol. The highest BCUT2D eigenvalue weighted by Crippen LogP contribution is 2.20. The Labute approximate surface area is 108 Å². The van der Waals surface area contributed by atoms with Crippen molar-refractivity contribution in [2.75, 3.05) is 0 Å². The van der Waals surface area contributed by atoms with Crippen LogP contribution in [0.5, 0.6) is 0 Å². The zero-order valence-corrected chi connectivity index (χ0v) is 11.4. The van der Waals surface area contributed by atoms with E-state index in [-0.39, 0.29) is 0 Å². The van der Waals surface area contributed by atoms with Gasteiger partial charge in [-0.3, -0.25) is 4.98 Å². The second kappa shape index (κ2) is 5.57. The summed E-state index contributed by atoms with van der Waals surface area (Å²) in [6.45, 7) is 3.80. The van der Waals surface area contributed by atoms with Gasteiger partial charge in [0.25, 0.3) is 0 Å². The highest BCUT2D eigenvalue weighted by atomic mass is 79.9. The second-order valence-corrected chi connectivity index (χ2v) is 5.92. The molecule has 0 saturated carbocycles. The zero-order chi connectivity index (χ0) is 11.4. The average molecular weight is 297 g/mol. The summed E-state index contributed by atoms with van der Waals surface area (Å²) in [4.78, 5) is 4.35. The number of halogens is 1. The second-order valence-electron chi connectivity index (χ2n) is 3.63. The van der Waals surface area contributed by atoms with E-state index in [2.05, 4.69) is 50.7 Å². The normalized spacial score (nSPS) is 10.6. The van der Waals surface area contributed by atoms with Gasteiger partial charge >= 0.3 is 0 Å². The Hall–Kier alpha value is -0.710. The first-order chi connectivity index (χ1) is 7.75. The van der Waals surface area contributed by atoms with Crippen molar-refractivity contribution in [3.8, 4) is 0 Å². The molecule has 0 amide bonds. The van der Waals surface area contributed by atoms with Crippen LogP contribution >= 0.6 is 27.3 Å². The summed E-state index contributed by atoms with van der Waals surface area (Å²) >= 11 is 5.17. The first-order valence-electron chi connectivity index (χ1n) is 5.10. The van der Waals surface area contributed by atoms with E-state index in [1.165, 1.54) is 14.9 Å². The smallest absolute Gasteiger partial charge is 0.0701 e. The Balaban J connectivity index is 1.87. The molecular formula is C12H13BrN2S. The van der Waals surface area contributed by atoms with Gasteiger partial charge in [0.2, 0.25) is 0 Å². The van der Waals surface area contributed by atoms with Gasteiger partial charge in [-0.1, -0.05) is 6.07 Å². The molecule has 0 unspecified atom stereocenters. The number of thiophene rings is 1. The van der Waals surface area contributed by atoms with Gasteiger partial charge in [-0.2, -0.15) is 0 Å². The Morgan fingerprint density at radius 1 is 1.44 bits per heavy atom. The molecule has 0 saturated heterocycles. The molecule has 0 spiro atoms. The Morgan fingerprint density at radius 3 is 3.00 bits per heavy atom. The topological polar surface area (TPSA) is 24.9 Å². The molecule has 2 nitrogen and oxygen atoms in total. The van der Waals surface area contributed by atoms with Crippen LogP contribution in [0.4, 0.5) is 0 Å². The van der Waals surface area contributed by atoms with Crippen LogP contribution in [0.3, 0.4) is 0 Å². The van der Waals surface area contributed by atoms with Gasteiger partial charge in [-0.05, 0) is 51.5 Å². The lowest BCUT2D eigenvalue weighted by atomic mass is 10.2. The van der Waals surface area contributed by atoms with Gasteiger partial charge in [0, 0.05) is 19.3 Å². The largest absolute Gasteiger partial charge is 0.307 e. The standard InChI is InChI=1S/C12H13BrN2S/c1-9-3-2-4-15-11(9)7-14-6-10-5-12(13)16-8-10/h2-5,8,14H,6-7H2,1H3. The number of aromatic nitrogens is 1. The molecule has 0 aliphatic heterocycles. The van der Waals surface area contributed by atoms with Crippen LogP contribution in [0.2, 0.25) is 0 Å². The van der Waals surface area contributed by atoms with E-state index in [9.17, 15) is 0 Å². The molecule has 0 bridgehead atoms. The summed E-state index contributed by atoms with van der Waals surface area (Å²) < 4.78 is 1.18. The number of hydrogen-bond donors (Lipinski definition) is 1. The van der Waals surface area contributed by atoms with Crippen LogP contribution in [-0.2, 0) is 13.1 Å². The first-order valence-corrected chi connectivity index (χ1v) is 6.77. The Morgan fingerprint density at radius 2 is 2.31 bits per heavy atom. The van der Waals surface area contributed by atoms with Gasteiger partial charge < -0.3 is 5.32 Å². The molecule has 1 N–H and O–H groups in total. The number of pyridine rings is 1. The predicted molar refractivity (Wildman–Crippen MR) is 71.5 cm³/mol. The molecule has 2 aromatic heterocycles. The van der Waals surface area contributed by atoms with Crippen molar-refractivity contribution in [1.82, 2.24) is 10.3 Å². The summed E-state index contributed by atoms with van der Waals surface area (Å²) in [7, 11) is 0. The average Bonchev–Trinajstić information content (AvgIpc) is 2.67. The lowest BCUT2D eigenvalue weighted by molar-refractivity contribution is 0.677. The third kappa shape index (κ3) is 3.14. The fourth-order valence-electron chi connectivity index (χ4n) is 1.47. The third-order valence-electron chi connectivity index (χ3n) is 2.36. The highest BCUT2D eigenvalue weighted by Gasteiger charge is 1.99. The van der Waals surface area contributed by atoms with Gasteiger partial charge in [0.1, 0.15) is 0 Å². The molecular weight excluding hydrogens is 284 g/mol. The van der Waals surface area contributed by atoms with Crippen molar-refractivity contribution >= 4 is 27.3 Å². The van der Waals surface area contributed by atoms with Crippen LogP contribution in [0.1, 0.15) is 16.8 Å². The van der Waals surface area contributed by atoms with Crippen molar-refractivity contribution in [3.05, 3.63) is 50.4 Å². The molecule has 0 fully saturated rings. The van der Waals surface area contributed by atoms with Crippen LogP contribution in [0.25, 0.3) is 0 Å². The number of hydrogen-bond acceptors (Lipinski definition) is 3. The molecule has 4 heteroatoms. The summed E-state index contributed by atoms with van der Waals surface area (Å²) in [6.07, 6.45) is 1.84. The molecule has 2 rings (SSSR count). The Bertz CT molecular complexity index is 468. The maximum Gasteiger partial charge on any atom is 0.0701 e. The van der Waals surface area contributed by atoms with E-state index in [1.807, 2.05) is 12.3 Å². The van der Waals surface area contributed by atoms with Crippen molar-refractivity contribution < 1.29 is 0 Å². The fourth-order valence-corrected chi connectivity index (χ4v) is 2.68. The number of nitrogens with one attached hydrogen (secondary N) is 1. The minimum absolute atomic E-state index is 0.820. The highest BCUT2D eigenvalue weighted by molar-refractivity contribution is 9.11. The number of rotatable bonds is 4. The maximum absolute atomic E-state index is 4.35. The van der Waals surface area contributed by atoms with E-state index >= 15 is 0 Å². The molecule has 0 aromatic carbocycles. The molecule has 16 heavy (non-hydrogen) atoms. The van der Waals surface area contributed by atoms with Crippen molar-refractivity contribution in [3.63, 3.8) is 0 Å². The van der Waals surface area contributed by atoms with E-state index in [1.54, 1.807) is 11.3 Å². The minimum atomic E-state index is 0.820. The van der Waals surface area contributed by atoms with E-state index in [4.69, 9.17) is 0 Å².